The van der Waals surface area contributed by atoms with E-state index in [1.54, 1.807) is 18.7 Å². The summed E-state index contributed by atoms with van der Waals surface area (Å²) >= 11 is 0. The Morgan fingerprint density at radius 2 is 2.16 bits per heavy atom. The summed E-state index contributed by atoms with van der Waals surface area (Å²) in [7, 11) is 0. The highest BCUT2D eigenvalue weighted by Gasteiger charge is 2.45. The smallest absolute Gasteiger partial charge is 0.311 e. The van der Waals surface area contributed by atoms with Gasteiger partial charge in [-0.05, 0) is 19.8 Å². The van der Waals surface area contributed by atoms with Crippen LogP contribution in [0.15, 0.2) is 4.42 Å². The molecule has 0 saturated carbocycles. The first-order chi connectivity index (χ1) is 8.89. The maximum absolute atomic E-state index is 12.3. The third-order valence-corrected chi connectivity index (χ3v) is 3.87. The van der Waals surface area contributed by atoms with E-state index in [4.69, 9.17) is 4.42 Å². The number of rotatable bonds is 3. The Balaban J connectivity index is 2.19. The van der Waals surface area contributed by atoms with Crippen molar-refractivity contribution in [3.8, 4) is 0 Å². The van der Waals surface area contributed by atoms with Gasteiger partial charge in [-0.25, -0.2) is 4.98 Å². The molecule has 6 nitrogen and oxygen atoms in total. The molecule has 1 unspecified atom stereocenters. The van der Waals surface area contributed by atoms with Crippen molar-refractivity contribution in [3.63, 3.8) is 0 Å². The third-order valence-electron chi connectivity index (χ3n) is 3.87. The first-order valence-corrected chi connectivity index (χ1v) is 6.36. The number of likely N-dealkylation sites (tertiary alicyclic amines) is 1. The lowest BCUT2D eigenvalue weighted by atomic mass is 9.84. The van der Waals surface area contributed by atoms with E-state index >= 15 is 0 Å². The van der Waals surface area contributed by atoms with Gasteiger partial charge in [0.2, 0.25) is 5.76 Å². The normalized spacial score (nSPS) is 22.8. The Labute approximate surface area is 111 Å². The predicted octanol–water partition coefficient (Wildman–Crippen LogP) is 1.62. The zero-order valence-electron chi connectivity index (χ0n) is 11.4. The standard InChI is InChI=1S/C13H18N2O4/c1-4-13(12(17)18)5-6-15(7-13)11(16)10-8(2)14-9(3)19-10/h4-7H2,1-3H3,(H,17,18). The summed E-state index contributed by atoms with van der Waals surface area (Å²) in [5, 5.41) is 9.32. The van der Waals surface area contributed by atoms with Gasteiger partial charge >= 0.3 is 5.97 Å². The van der Waals surface area contributed by atoms with Gasteiger partial charge in [-0.2, -0.15) is 0 Å². The fourth-order valence-corrected chi connectivity index (χ4v) is 2.53. The Morgan fingerprint density at radius 1 is 1.47 bits per heavy atom. The van der Waals surface area contributed by atoms with Crippen molar-refractivity contribution in [1.82, 2.24) is 9.88 Å². The molecule has 1 aromatic rings. The van der Waals surface area contributed by atoms with Crippen LogP contribution in [0.4, 0.5) is 0 Å². The van der Waals surface area contributed by atoms with E-state index in [-0.39, 0.29) is 18.2 Å². The lowest BCUT2D eigenvalue weighted by molar-refractivity contribution is -0.148. The highest BCUT2D eigenvalue weighted by Crippen LogP contribution is 2.35. The number of hydrogen-bond acceptors (Lipinski definition) is 4. The summed E-state index contributed by atoms with van der Waals surface area (Å²) in [6.07, 6.45) is 0.997. The predicted molar refractivity (Wildman–Crippen MR) is 66.9 cm³/mol. The summed E-state index contributed by atoms with van der Waals surface area (Å²) < 4.78 is 5.30. The lowest BCUT2D eigenvalue weighted by Crippen LogP contribution is -2.36. The molecule has 2 heterocycles. The van der Waals surface area contributed by atoms with Gasteiger partial charge in [0.25, 0.3) is 5.91 Å². The minimum Gasteiger partial charge on any atom is -0.481 e. The molecular formula is C13H18N2O4. The summed E-state index contributed by atoms with van der Waals surface area (Å²) in [4.78, 5) is 29.3. The molecule has 1 amide bonds. The SMILES string of the molecule is CCC1(C(=O)O)CCN(C(=O)c2oc(C)nc2C)C1. The summed E-state index contributed by atoms with van der Waals surface area (Å²) in [5.74, 6) is -0.444. The maximum atomic E-state index is 12.3. The number of hydrogen-bond donors (Lipinski definition) is 1. The molecule has 0 bridgehead atoms. The number of oxazole rings is 1. The van der Waals surface area contributed by atoms with E-state index in [1.807, 2.05) is 6.92 Å². The largest absolute Gasteiger partial charge is 0.481 e. The average molecular weight is 266 g/mol. The van der Waals surface area contributed by atoms with E-state index in [9.17, 15) is 14.7 Å². The average Bonchev–Trinajstić information content (AvgIpc) is 2.93. The van der Waals surface area contributed by atoms with Crippen LogP contribution >= 0.6 is 0 Å². The minimum atomic E-state index is -0.837. The molecule has 1 aliphatic rings. The van der Waals surface area contributed by atoms with Crippen LogP contribution in [-0.4, -0.2) is 40.0 Å². The second kappa shape index (κ2) is 4.68. The van der Waals surface area contributed by atoms with E-state index in [1.165, 1.54) is 0 Å². The van der Waals surface area contributed by atoms with Gasteiger partial charge in [-0.1, -0.05) is 6.92 Å². The van der Waals surface area contributed by atoms with Gasteiger partial charge in [0, 0.05) is 20.0 Å². The molecule has 0 spiro atoms. The van der Waals surface area contributed by atoms with Crippen LogP contribution in [-0.2, 0) is 4.79 Å². The number of carbonyl (C=O) groups is 2. The molecule has 1 atom stereocenters. The monoisotopic (exact) mass is 266 g/mol. The molecule has 1 saturated heterocycles. The molecule has 0 radical (unpaired) electrons. The number of amides is 1. The number of aryl methyl sites for hydroxylation is 2. The number of aliphatic carboxylic acids is 1. The second-order valence-corrected chi connectivity index (χ2v) is 5.06. The maximum Gasteiger partial charge on any atom is 0.311 e. The van der Waals surface area contributed by atoms with E-state index in [0.717, 1.165) is 0 Å². The first-order valence-electron chi connectivity index (χ1n) is 6.36. The second-order valence-electron chi connectivity index (χ2n) is 5.06. The third kappa shape index (κ3) is 2.22. The zero-order valence-corrected chi connectivity index (χ0v) is 11.4. The molecule has 1 fully saturated rings. The van der Waals surface area contributed by atoms with Crippen molar-refractivity contribution in [1.29, 1.82) is 0 Å². The van der Waals surface area contributed by atoms with E-state index in [0.29, 0.717) is 31.0 Å². The Kier molecular flexibility index (Phi) is 3.34. The summed E-state index contributed by atoms with van der Waals surface area (Å²) in [5.41, 5.74) is -0.273. The molecule has 1 aliphatic heterocycles. The van der Waals surface area contributed by atoms with Crippen molar-refractivity contribution in [2.24, 2.45) is 5.41 Å². The van der Waals surface area contributed by atoms with E-state index in [2.05, 4.69) is 4.98 Å². The molecule has 0 aromatic carbocycles. The summed E-state index contributed by atoms with van der Waals surface area (Å²) in [6.45, 7) is 5.91. The van der Waals surface area contributed by atoms with Crippen molar-refractivity contribution in [3.05, 3.63) is 17.3 Å². The summed E-state index contributed by atoms with van der Waals surface area (Å²) in [6, 6.07) is 0. The van der Waals surface area contributed by atoms with Crippen molar-refractivity contribution in [2.45, 2.75) is 33.6 Å². The van der Waals surface area contributed by atoms with Crippen LogP contribution in [0.5, 0.6) is 0 Å². The van der Waals surface area contributed by atoms with Crippen LogP contribution in [0.3, 0.4) is 0 Å². The van der Waals surface area contributed by atoms with Crippen LogP contribution in [0.1, 0.15) is 41.9 Å². The zero-order chi connectivity index (χ0) is 14.2. The highest BCUT2D eigenvalue weighted by molar-refractivity contribution is 5.93. The topological polar surface area (TPSA) is 83.6 Å². The minimum absolute atomic E-state index is 0.217. The van der Waals surface area contributed by atoms with Crippen LogP contribution in [0.25, 0.3) is 0 Å². The highest BCUT2D eigenvalue weighted by atomic mass is 16.4. The quantitative estimate of drug-likeness (QED) is 0.898. The number of carbonyl (C=O) groups excluding carboxylic acids is 1. The fraction of sp³-hybridized carbons (Fsp3) is 0.615. The lowest BCUT2D eigenvalue weighted by Gasteiger charge is -2.22. The Morgan fingerprint density at radius 3 is 2.58 bits per heavy atom. The van der Waals surface area contributed by atoms with Gasteiger partial charge in [0.1, 0.15) is 0 Å². The first kappa shape index (κ1) is 13.6. The fourth-order valence-electron chi connectivity index (χ4n) is 2.53. The number of nitrogens with zero attached hydrogens (tertiary/aromatic N) is 2. The van der Waals surface area contributed by atoms with Gasteiger partial charge in [-0.3, -0.25) is 9.59 Å². The molecule has 0 aliphatic carbocycles. The molecular weight excluding hydrogens is 248 g/mol. The van der Waals surface area contributed by atoms with Gasteiger partial charge in [0.05, 0.1) is 11.1 Å². The van der Waals surface area contributed by atoms with Gasteiger partial charge < -0.3 is 14.4 Å². The number of carboxylic acid groups (broad SMARTS) is 1. The van der Waals surface area contributed by atoms with Crippen LogP contribution < -0.4 is 0 Å². The number of aromatic nitrogens is 1. The van der Waals surface area contributed by atoms with Gasteiger partial charge in [0.15, 0.2) is 5.89 Å². The molecule has 1 N–H and O–H groups in total. The Hall–Kier alpha value is -1.85. The molecule has 6 heteroatoms. The number of carboxylic acids is 1. The van der Waals surface area contributed by atoms with Gasteiger partial charge in [-0.15, -0.1) is 0 Å². The molecule has 104 valence electrons. The van der Waals surface area contributed by atoms with Crippen molar-refractivity contribution >= 4 is 11.9 Å². The van der Waals surface area contributed by atoms with Crippen LogP contribution in [0.2, 0.25) is 0 Å². The molecule has 19 heavy (non-hydrogen) atoms. The Bertz CT molecular complexity index is 523. The van der Waals surface area contributed by atoms with E-state index < -0.39 is 11.4 Å². The molecule has 1 aromatic heterocycles. The van der Waals surface area contributed by atoms with Crippen molar-refractivity contribution < 1.29 is 19.1 Å². The molecule has 2 rings (SSSR count). The van der Waals surface area contributed by atoms with Crippen LogP contribution in [0, 0.1) is 19.3 Å². The van der Waals surface area contributed by atoms with Crippen molar-refractivity contribution in [2.75, 3.05) is 13.1 Å².